The van der Waals surface area contributed by atoms with Crippen LogP contribution in [0.1, 0.15) is 15.9 Å². The summed E-state index contributed by atoms with van der Waals surface area (Å²) in [7, 11) is 0. The Balaban J connectivity index is 1.88. The second-order valence-electron chi connectivity index (χ2n) is 5.53. The third kappa shape index (κ3) is 3.74. The fourth-order valence-electron chi connectivity index (χ4n) is 2.71. The van der Waals surface area contributed by atoms with Gasteiger partial charge in [0.1, 0.15) is 0 Å². The van der Waals surface area contributed by atoms with Crippen LogP contribution >= 0.6 is 15.9 Å². The molecular formula is C18H19BrN2O2. The Morgan fingerprint density at radius 1 is 1.17 bits per heavy atom. The number of amides is 1. The lowest BCUT2D eigenvalue weighted by molar-refractivity contribution is 0.102. The minimum atomic E-state index is -0.0873. The molecule has 0 saturated carbocycles. The third-order valence-corrected chi connectivity index (χ3v) is 4.44. The summed E-state index contributed by atoms with van der Waals surface area (Å²) in [6, 6.07) is 13.6. The lowest BCUT2D eigenvalue weighted by Gasteiger charge is -2.30. The quantitative estimate of drug-likeness (QED) is 0.886. The molecule has 2 aromatic rings. The Bertz CT molecular complexity index is 712. The van der Waals surface area contributed by atoms with E-state index in [4.69, 9.17) is 4.74 Å². The van der Waals surface area contributed by atoms with Gasteiger partial charge in [0, 0.05) is 23.1 Å². The van der Waals surface area contributed by atoms with Crippen molar-refractivity contribution in [3.8, 4) is 0 Å². The van der Waals surface area contributed by atoms with E-state index in [9.17, 15) is 4.79 Å². The maximum absolute atomic E-state index is 12.6. The molecule has 120 valence electrons. The molecule has 0 bridgehead atoms. The number of hydrogen-bond donors (Lipinski definition) is 1. The molecule has 0 unspecified atom stereocenters. The van der Waals surface area contributed by atoms with Crippen LogP contribution in [-0.4, -0.2) is 32.2 Å². The zero-order valence-corrected chi connectivity index (χ0v) is 14.6. The maximum atomic E-state index is 12.6. The average molecular weight is 375 g/mol. The predicted octanol–water partition coefficient (Wildman–Crippen LogP) is 3.85. The molecular weight excluding hydrogens is 356 g/mol. The average Bonchev–Trinajstić information content (AvgIpc) is 2.56. The lowest BCUT2D eigenvalue weighted by Crippen LogP contribution is -2.36. The van der Waals surface area contributed by atoms with Crippen molar-refractivity contribution in [3.63, 3.8) is 0 Å². The number of carbonyl (C=O) groups excluding carboxylic acids is 1. The number of morpholine rings is 1. The van der Waals surface area contributed by atoms with Crippen LogP contribution in [0.15, 0.2) is 46.9 Å². The SMILES string of the molecule is Cc1ccccc1C(=O)Nc1cc(Br)ccc1N1CCOCC1. The van der Waals surface area contributed by atoms with Gasteiger partial charge >= 0.3 is 0 Å². The standard InChI is InChI=1S/C18H19BrN2O2/c1-13-4-2-3-5-15(13)18(22)20-16-12-14(19)6-7-17(16)21-8-10-23-11-9-21/h2-7,12H,8-11H2,1H3,(H,20,22). The zero-order chi connectivity index (χ0) is 16.2. The largest absolute Gasteiger partial charge is 0.378 e. The number of rotatable bonds is 3. The van der Waals surface area contributed by atoms with Gasteiger partial charge in [-0.15, -0.1) is 0 Å². The first kappa shape index (κ1) is 16.0. The van der Waals surface area contributed by atoms with Gasteiger partial charge in [-0.3, -0.25) is 4.79 Å². The molecule has 1 fully saturated rings. The highest BCUT2D eigenvalue weighted by Gasteiger charge is 2.17. The van der Waals surface area contributed by atoms with Gasteiger partial charge in [0.25, 0.3) is 5.91 Å². The number of anilines is 2. The van der Waals surface area contributed by atoms with Crippen LogP contribution in [0.4, 0.5) is 11.4 Å². The van der Waals surface area contributed by atoms with Crippen molar-refractivity contribution < 1.29 is 9.53 Å². The molecule has 0 aliphatic carbocycles. The van der Waals surface area contributed by atoms with E-state index in [2.05, 4.69) is 26.1 Å². The van der Waals surface area contributed by atoms with Gasteiger partial charge in [0.15, 0.2) is 0 Å². The molecule has 1 saturated heterocycles. The number of aryl methyl sites for hydroxylation is 1. The molecule has 0 spiro atoms. The number of halogens is 1. The highest BCUT2D eigenvalue weighted by molar-refractivity contribution is 9.10. The fraction of sp³-hybridized carbons (Fsp3) is 0.278. The summed E-state index contributed by atoms with van der Waals surface area (Å²) < 4.78 is 6.35. The molecule has 23 heavy (non-hydrogen) atoms. The summed E-state index contributed by atoms with van der Waals surface area (Å²) in [5.74, 6) is -0.0873. The smallest absolute Gasteiger partial charge is 0.255 e. The highest BCUT2D eigenvalue weighted by Crippen LogP contribution is 2.30. The van der Waals surface area contributed by atoms with E-state index in [1.807, 2.05) is 49.4 Å². The molecule has 4 nitrogen and oxygen atoms in total. The summed E-state index contributed by atoms with van der Waals surface area (Å²) in [6.07, 6.45) is 0. The van der Waals surface area contributed by atoms with E-state index in [-0.39, 0.29) is 5.91 Å². The minimum absolute atomic E-state index is 0.0873. The van der Waals surface area contributed by atoms with Crippen LogP contribution in [0.5, 0.6) is 0 Å². The molecule has 0 atom stereocenters. The molecule has 1 amide bonds. The van der Waals surface area contributed by atoms with Crippen LogP contribution in [-0.2, 0) is 4.74 Å². The molecule has 5 heteroatoms. The predicted molar refractivity (Wildman–Crippen MR) is 96.3 cm³/mol. The third-order valence-electron chi connectivity index (χ3n) is 3.95. The van der Waals surface area contributed by atoms with Crippen LogP contribution < -0.4 is 10.2 Å². The molecule has 1 heterocycles. The first-order valence-electron chi connectivity index (χ1n) is 7.64. The van der Waals surface area contributed by atoms with E-state index in [0.717, 1.165) is 34.5 Å². The van der Waals surface area contributed by atoms with Crippen molar-refractivity contribution in [2.24, 2.45) is 0 Å². The van der Waals surface area contributed by atoms with E-state index in [1.165, 1.54) is 0 Å². The Morgan fingerprint density at radius 2 is 1.91 bits per heavy atom. The van der Waals surface area contributed by atoms with Crippen LogP contribution in [0.3, 0.4) is 0 Å². The Labute approximate surface area is 144 Å². The molecule has 1 aliphatic rings. The van der Waals surface area contributed by atoms with E-state index >= 15 is 0 Å². The summed E-state index contributed by atoms with van der Waals surface area (Å²) in [4.78, 5) is 14.9. The molecule has 1 N–H and O–H groups in total. The van der Waals surface area contributed by atoms with Gasteiger partial charge in [-0.05, 0) is 36.8 Å². The molecule has 3 rings (SSSR count). The topological polar surface area (TPSA) is 41.6 Å². The molecule has 2 aromatic carbocycles. The number of hydrogen-bond acceptors (Lipinski definition) is 3. The first-order valence-corrected chi connectivity index (χ1v) is 8.43. The second kappa shape index (κ2) is 7.15. The van der Waals surface area contributed by atoms with Gasteiger partial charge in [-0.25, -0.2) is 0 Å². The maximum Gasteiger partial charge on any atom is 0.255 e. The second-order valence-corrected chi connectivity index (χ2v) is 6.45. The minimum Gasteiger partial charge on any atom is -0.378 e. The van der Waals surface area contributed by atoms with Crippen molar-refractivity contribution in [3.05, 3.63) is 58.1 Å². The number of carbonyl (C=O) groups is 1. The summed E-state index contributed by atoms with van der Waals surface area (Å²) in [5.41, 5.74) is 3.50. The Morgan fingerprint density at radius 3 is 2.65 bits per heavy atom. The summed E-state index contributed by atoms with van der Waals surface area (Å²) in [6.45, 7) is 5.02. The van der Waals surface area contributed by atoms with Gasteiger partial charge in [-0.2, -0.15) is 0 Å². The van der Waals surface area contributed by atoms with Crippen molar-refractivity contribution in [1.82, 2.24) is 0 Å². The Hall–Kier alpha value is -1.85. The van der Waals surface area contributed by atoms with Crippen molar-refractivity contribution in [2.45, 2.75) is 6.92 Å². The first-order chi connectivity index (χ1) is 11.1. The normalized spacial score (nSPS) is 14.6. The zero-order valence-electron chi connectivity index (χ0n) is 13.0. The van der Waals surface area contributed by atoms with Gasteiger partial charge in [-0.1, -0.05) is 34.1 Å². The Kier molecular flexibility index (Phi) is 4.98. The molecule has 1 aliphatic heterocycles. The lowest BCUT2D eigenvalue weighted by atomic mass is 10.1. The van der Waals surface area contributed by atoms with Gasteiger partial charge in [0.05, 0.1) is 24.6 Å². The van der Waals surface area contributed by atoms with Crippen molar-refractivity contribution in [1.29, 1.82) is 0 Å². The highest BCUT2D eigenvalue weighted by atomic mass is 79.9. The van der Waals surface area contributed by atoms with E-state index in [1.54, 1.807) is 0 Å². The summed E-state index contributed by atoms with van der Waals surface area (Å²) in [5, 5.41) is 3.05. The fourth-order valence-corrected chi connectivity index (χ4v) is 3.07. The monoisotopic (exact) mass is 374 g/mol. The number of benzene rings is 2. The number of nitrogens with zero attached hydrogens (tertiary/aromatic N) is 1. The van der Waals surface area contributed by atoms with Crippen LogP contribution in [0.2, 0.25) is 0 Å². The molecule has 0 aromatic heterocycles. The number of ether oxygens (including phenoxy) is 1. The van der Waals surface area contributed by atoms with Crippen molar-refractivity contribution in [2.75, 3.05) is 36.5 Å². The van der Waals surface area contributed by atoms with E-state index in [0.29, 0.717) is 18.8 Å². The van der Waals surface area contributed by atoms with Crippen LogP contribution in [0, 0.1) is 6.92 Å². The molecule has 0 radical (unpaired) electrons. The van der Waals surface area contributed by atoms with Crippen LogP contribution in [0.25, 0.3) is 0 Å². The number of nitrogens with one attached hydrogen (secondary N) is 1. The van der Waals surface area contributed by atoms with Crippen molar-refractivity contribution >= 4 is 33.2 Å². The summed E-state index contributed by atoms with van der Waals surface area (Å²) >= 11 is 3.49. The van der Waals surface area contributed by atoms with E-state index < -0.39 is 0 Å². The van der Waals surface area contributed by atoms with Gasteiger partial charge in [0.2, 0.25) is 0 Å². The van der Waals surface area contributed by atoms with Gasteiger partial charge < -0.3 is 15.0 Å².